The number of hydrogen-bond acceptors (Lipinski definition) is 6. The van der Waals surface area contributed by atoms with Gasteiger partial charge in [-0.3, -0.25) is 0 Å². The number of nitrogen functional groups attached to an aromatic ring is 1. The van der Waals surface area contributed by atoms with Gasteiger partial charge in [0.05, 0.1) is 0 Å². The van der Waals surface area contributed by atoms with E-state index < -0.39 is 9.84 Å². The number of nitrogens with two attached hydrogens (primary N) is 1. The molecular formula is C9H16N4O2S. The summed E-state index contributed by atoms with van der Waals surface area (Å²) >= 11 is 0. The molecule has 0 radical (unpaired) electrons. The molecule has 0 saturated carbocycles. The van der Waals surface area contributed by atoms with Crippen molar-refractivity contribution < 1.29 is 8.42 Å². The first-order valence-electron chi connectivity index (χ1n) is 4.88. The third kappa shape index (κ3) is 3.14. The maximum Gasteiger partial charge on any atom is 0.154 e. The van der Waals surface area contributed by atoms with E-state index >= 15 is 0 Å². The first-order valence-corrected chi connectivity index (χ1v) is 6.94. The largest absolute Gasteiger partial charge is 0.308 e. The Morgan fingerprint density at radius 2 is 2.00 bits per heavy atom. The van der Waals surface area contributed by atoms with Crippen LogP contribution in [0.4, 0.5) is 5.82 Å². The highest BCUT2D eigenvalue weighted by atomic mass is 32.2. The Labute approximate surface area is 95.2 Å². The van der Waals surface area contributed by atoms with Crippen LogP contribution in [-0.4, -0.2) is 24.6 Å². The smallest absolute Gasteiger partial charge is 0.154 e. The first-order chi connectivity index (χ1) is 7.37. The van der Waals surface area contributed by atoms with Gasteiger partial charge in [0.2, 0.25) is 0 Å². The Hall–Kier alpha value is -1.21. The molecule has 6 nitrogen and oxygen atoms in total. The summed E-state index contributed by atoms with van der Waals surface area (Å²) in [6, 6.07) is 0. The molecule has 0 amide bonds. The van der Waals surface area contributed by atoms with Crippen molar-refractivity contribution in [2.24, 2.45) is 5.84 Å². The molecule has 0 aromatic carbocycles. The lowest BCUT2D eigenvalue weighted by atomic mass is 10.2. The Bertz CT molecular complexity index is 459. The van der Waals surface area contributed by atoms with Crippen molar-refractivity contribution in [3.8, 4) is 0 Å². The molecule has 0 aliphatic carbocycles. The summed E-state index contributed by atoms with van der Waals surface area (Å²) in [6.07, 6.45) is 1.86. The van der Waals surface area contributed by atoms with E-state index in [4.69, 9.17) is 5.84 Å². The molecule has 0 spiro atoms. The molecule has 3 N–H and O–H groups in total. The van der Waals surface area contributed by atoms with Gasteiger partial charge in [-0.05, 0) is 13.3 Å². The van der Waals surface area contributed by atoms with Crippen LogP contribution in [0.25, 0.3) is 0 Å². The van der Waals surface area contributed by atoms with Gasteiger partial charge in [-0.25, -0.2) is 24.2 Å². The fraction of sp³-hybridized carbons (Fsp3) is 0.556. The van der Waals surface area contributed by atoms with E-state index in [-0.39, 0.29) is 11.6 Å². The summed E-state index contributed by atoms with van der Waals surface area (Å²) in [5.74, 6) is 5.90. The van der Waals surface area contributed by atoms with Crippen LogP contribution in [0.5, 0.6) is 0 Å². The zero-order valence-corrected chi connectivity index (χ0v) is 10.4. The second-order valence-electron chi connectivity index (χ2n) is 3.63. The molecule has 0 unspecified atom stereocenters. The fourth-order valence-electron chi connectivity index (χ4n) is 1.40. The van der Waals surface area contributed by atoms with Gasteiger partial charge in [-0.2, -0.15) is 0 Å². The van der Waals surface area contributed by atoms with E-state index in [1.165, 1.54) is 0 Å². The van der Waals surface area contributed by atoms with Gasteiger partial charge >= 0.3 is 0 Å². The number of hydrazine groups is 1. The molecule has 0 fully saturated rings. The number of sulfone groups is 1. The van der Waals surface area contributed by atoms with Gasteiger partial charge in [-0.1, -0.05) is 6.92 Å². The van der Waals surface area contributed by atoms with Crippen molar-refractivity contribution in [3.05, 3.63) is 17.1 Å². The van der Waals surface area contributed by atoms with E-state index in [0.29, 0.717) is 12.2 Å². The summed E-state index contributed by atoms with van der Waals surface area (Å²) < 4.78 is 22.3. The molecule has 0 saturated heterocycles. The normalized spacial score (nSPS) is 11.5. The number of nitrogens with zero attached hydrogens (tertiary/aromatic N) is 2. The maximum atomic E-state index is 11.2. The van der Waals surface area contributed by atoms with Gasteiger partial charge in [0.15, 0.2) is 9.84 Å². The Balaban J connectivity index is 3.22. The highest BCUT2D eigenvalue weighted by molar-refractivity contribution is 7.89. The molecule has 1 aromatic heterocycles. The van der Waals surface area contributed by atoms with Crippen molar-refractivity contribution >= 4 is 15.7 Å². The molecule has 16 heavy (non-hydrogen) atoms. The molecule has 1 heterocycles. The minimum absolute atomic E-state index is 0.172. The summed E-state index contributed by atoms with van der Waals surface area (Å²) in [6.45, 7) is 3.79. The average Bonchev–Trinajstić information content (AvgIpc) is 2.18. The maximum absolute atomic E-state index is 11.2. The first kappa shape index (κ1) is 12.9. The van der Waals surface area contributed by atoms with Crippen molar-refractivity contribution in [3.63, 3.8) is 0 Å². The van der Waals surface area contributed by atoms with E-state index in [1.54, 1.807) is 0 Å². The van der Waals surface area contributed by atoms with Gasteiger partial charge in [0.1, 0.15) is 17.4 Å². The van der Waals surface area contributed by atoms with Crippen molar-refractivity contribution in [1.29, 1.82) is 0 Å². The van der Waals surface area contributed by atoms with Gasteiger partial charge in [0.25, 0.3) is 0 Å². The lowest BCUT2D eigenvalue weighted by Crippen LogP contribution is -2.15. The zero-order chi connectivity index (χ0) is 12.3. The van der Waals surface area contributed by atoms with E-state index in [0.717, 1.165) is 17.5 Å². The Kier molecular flexibility index (Phi) is 3.82. The lowest BCUT2D eigenvalue weighted by molar-refractivity contribution is 0.599. The number of anilines is 1. The van der Waals surface area contributed by atoms with Crippen LogP contribution in [0.2, 0.25) is 0 Å². The summed E-state index contributed by atoms with van der Waals surface area (Å²) in [4.78, 5) is 8.26. The molecule has 0 atom stereocenters. The standard InChI is InChI=1S/C9H16N4O2S/c1-4-7-6(2)9(13-10)12-8(11-7)5-16(3,14)15/h4-5,10H2,1-3H3,(H,11,12,13). The third-order valence-electron chi connectivity index (χ3n) is 2.16. The van der Waals surface area contributed by atoms with Crippen LogP contribution in [0.15, 0.2) is 0 Å². The minimum atomic E-state index is -3.13. The minimum Gasteiger partial charge on any atom is -0.308 e. The van der Waals surface area contributed by atoms with Crippen LogP contribution in [0.1, 0.15) is 24.0 Å². The number of hydrogen-bond donors (Lipinski definition) is 2. The molecule has 0 aliphatic rings. The molecular weight excluding hydrogens is 228 g/mol. The predicted octanol–water partition coefficient (Wildman–Crippen LogP) is 0.178. The SMILES string of the molecule is CCc1nc(CS(C)(=O)=O)nc(NN)c1C. The Morgan fingerprint density at radius 3 is 2.44 bits per heavy atom. The molecule has 7 heteroatoms. The molecule has 0 aliphatic heterocycles. The number of rotatable bonds is 4. The lowest BCUT2D eigenvalue weighted by Gasteiger charge is -2.10. The van der Waals surface area contributed by atoms with Crippen LogP contribution in [0.3, 0.4) is 0 Å². The number of aromatic nitrogens is 2. The molecule has 1 rings (SSSR count). The van der Waals surface area contributed by atoms with Crippen LogP contribution < -0.4 is 11.3 Å². The van der Waals surface area contributed by atoms with Crippen molar-refractivity contribution in [2.75, 3.05) is 11.7 Å². The predicted molar refractivity (Wildman–Crippen MR) is 62.5 cm³/mol. The van der Waals surface area contributed by atoms with Gasteiger partial charge in [-0.15, -0.1) is 0 Å². The second kappa shape index (κ2) is 4.75. The van der Waals surface area contributed by atoms with Gasteiger partial charge < -0.3 is 5.43 Å². The monoisotopic (exact) mass is 244 g/mol. The quantitative estimate of drug-likeness (QED) is 0.579. The van der Waals surface area contributed by atoms with E-state index in [9.17, 15) is 8.42 Å². The summed E-state index contributed by atoms with van der Waals surface area (Å²) in [5, 5.41) is 0. The third-order valence-corrected chi connectivity index (χ3v) is 2.94. The number of aryl methyl sites for hydroxylation is 1. The molecule has 1 aromatic rings. The van der Waals surface area contributed by atoms with E-state index in [1.807, 2.05) is 13.8 Å². The van der Waals surface area contributed by atoms with Crippen LogP contribution in [0, 0.1) is 6.92 Å². The van der Waals surface area contributed by atoms with Crippen molar-refractivity contribution in [1.82, 2.24) is 9.97 Å². The van der Waals surface area contributed by atoms with Crippen molar-refractivity contribution in [2.45, 2.75) is 26.0 Å². The fourth-order valence-corrected chi connectivity index (χ4v) is 2.00. The van der Waals surface area contributed by atoms with Crippen LogP contribution in [-0.2, 0) is 22.0 Å². The highest BCUT2D eigenvalue weighted by Gasteiger charge is 2.12. The second-order valence-corrected chi connectivity index (χ2v) is 5.77. The topological polar surface area (TPSA) is 98.0 Å². The zero-order valence-electron chi connectivity index (χ0n) is 9.61. The van der Waals surface area contributed by atoms with E-state index in [2.05, 4.69) is 15.4 Å². The van der Waals surface area contributed by atoms with Gasteiger partial charge in [0, 0.05) is 17.5 Å². The average molecular weight is 244 g/mol. The summed E-state index contributed by atoms with van der Waals surface area (Å²) in [5.41, 5.74) is 4.11. The van der Waals surface area contributed by atoms with Crippen LogP contribution >= 0.6 is 0 Å². The molecule has 90 valence electrons. The molecule has 0 bridgehead atoms. The summed E-state index contributed by atoms with van der Waals surface area (Å²) in [7, 11) is -3.13. The highest BCUT2D eigenvalue weighted by Crippen LogP contribution is 2.15. The number of nitrogens with one attached hydrogen (secondary N) is 1. The Morgan fingerprint density at radius 1 is 1.38 bits per heavy atom.